The highest BCUT2D eigenvalue weighted by Crippen LogP contribution is 2.26. The van der Waals surface area contributed by atoms with E-state index in [4.69, 9.17) is 4.74 Å². The predicted octanol–water partition coefficient (Wildman–Crippen LogP) is 0.324. The number of rotatable bonds is 7. The Morgan fingerprint density at radius 2 is 2.33 bits per heavy atom. The minimum Gasteiger partial charge on any atom is -0.461 e. The topological polar surface area (TPSA) is 91.7 Å². The third kappa shape index (κ3) is 3.74. The van der Waals surface area contributed by atoms with Crippen LogP contribution in [0.1, 0.15) is 34.8 Å². The van der Waals surface area contributed by atoms with Gasteiger partial charge in [-0.1, -0.05) is 0 Å². The lowest BCUT2D eigenvalue weighted by Crippen LogP contribution is -2.24. The fraction of sp³-hybridized carbons (Fsp3) is 0.636. The molecule has 0 aromatic carbocycles. The molecule has 0 aliphatic carbocycles. The van der Waals surface area contributed by atoms with Crippen molar-refractivity contribution < 1.29 is 19.7 Å². The normalized spacial score (nSPS) is 14.2. The zero-order valence-electron chi connectivity index (χ0n) is 10.4. The second-order valence-electron chi connectivity index (χ2n) is 3.69. The molecule has 1 heterocycles. The summed E-state index contributed by atoms with van der Waals surface area (Å²) < 4.78 is 4.84. The van der Waals surface area contributed by atoms with Crippen molar-refractivity contribution in [1.82, 2.24) is 10.3 Å². The molecule has 0 saturated carbocycles. The maximum Gasteiger partial charge on any atom is 0.358 e. The molecule has 102 valence electrons. The van der Waals surface area contributed by atoms with Gasteiger partial charge in [-0.2, -0.15) is 0 Å². The van der Waals surface area contributed by atoms with E-state index in [1.54, 1.807) is 14.0 Å². The third-order valence-corrected chi connectivity index (χ3v) is 3.29. The molecule has 7 heteroatoms. The summed E-state index contributed by atoms with van der Waals surface area (Å²) in [5, 5.41) is 22.7. The van der Waals surface area contributed by atoms with Crippen LogP contribution in [-0.2, 0) is 4.74 Å². The second kappa shape index (κ2) is 7.42. The molecule has 6 nitrogen and oxygen atoms in total. The maximum absolute atomic E-state index is 11.6. The summed E-state index contributed by atoms with van der Waals surface area (Å²) in [6.07, 6.45) is -1.67. The first-order chi connectivity index (χ1) is 8.61. The van der Waals surface area contributed by atoms with Gasteiger partial charge in [0, 0.05) is 0 Å². The predicted molar refractivity (Wildman–Crippen MR) is 67.6 cm³/mol. The minimum absolute atomic E-state index is 0.0813. The molecule has 1 aromatic rings. The van der Waals surface area contributed by atoms with Gasteiger partial charge in [0.25, 0.3) is 0 Å². The first-order valence-corrected chi connectivity index (χ1v) is 6.61. The number of aliphatic hydroxyl groups excluding tert-OH is 2. The SMILES string of the molecule is CCOC(=O)c1ncsc1C(O)C(O)CCNC. The third-order valence-electron chi connectivity index (χ3n) is 2.39. The Balaban J connectivity index is 2.76. The van der Waals surface area contributed by atoms with Gasteiger partial charge >= 0.3 is 5.97 Å². The number of esters is 1. The van der Waals surface area contributed by atoms with Crippen LogP contribution in [0.2, 0.25) is 0 Å². The van der Waals surface area contributed by atoms with Gasteiger partial charge in [-0.3, -0.25) is 0 Å². The van der Waals surface area contributed by atoms with E-state index >= 15 is 0 Å². The highest BCUT2D eigenvalue weighted by molar-refractivity contribution is 7.10. The van der Waals surface area contributed by atoms with E-state index in [1.165, 1.54) is 5.51 Å². The zero-order valence-corrected chi connectivity index (χ0v) is 11.2. The van der Waals surface area contributed by atoms with Gasteiger partial charge in [-0.05, 0) is 26.9 Å². The van der Waals surface area contributed by atoms with Gasteiger partial charge in [-0.25, -0.2) is 9.78 Å². The number of hydrogen-bond acceptors (Lipinski definition) is 7. The summed E-state index contributed by atoms with van der Waals surface area (Å²) >= 11 is 1.13. The number of nitrogens with one attached hydrogen (secondary N) is 1. The molecule has 0 bridgehead atoms. The molecule has 0 spiro atoms. The molecule has 0 aliphatic heterocycles. The number of carbonyl (C=O) groups excluding carboxylic acids is 1. The van der Waals surface area contributed by atoms with Gasteiger partial charge in [0.15, 0.2) is 5.69 Å². The standard InChI is InChI=1S/C11H18N2O4S/c1-3-17-11(16)8-10(18-6-13-8)9(15)7(14)4-5-12-2/h6-7,9,12,14-15H,3-5H2,1-2H3. The van der Waals surface area contributed by atoms with Crippen LogP contribution in [0.5, 0.6) is 0 Å². The Labute approximate surface area is 110 Å². The van der Waals surface area contributed by atoms with Crippen molar-refractivity contribution in [3.05, 3.63) is 16.1 Å². The van der Waals surface area contributed by atoms with Gasteiger partial charge in [0.2, 0.25) is 0 Å². The lowest BCUT2D eigenvalue weighted by molar-refractivity contribution is 0.0146. The van der Waals surface area contributed by atoms with Gasteiger partial charge in [0.05, 0.1) is 23.1 Å². The number of ether oxygens (including phenoxy) is 1. The molecule has 1 aromatic heterocycles. The van der Waals surface area contributed by atoms with Crippen LogP contribution in [-0.4, -0.2) is 47.5 Å². The monoisotopic (exact) mass is 274 g/mol. The fourth-order valence-corrected chi connectivity index (χ4v) is 2.26. The van der Waals surface area contributed by atoms with Crippen molar-refractivity contribution in [1.29, 1.82) is 0 Å². The van der Waals surface area contributed by atoms with E-state index in [9.17, 15) is 15.0 Å². The van der Waals surface area contributed by atoms with Crippen LogP contribution in [0.3, 0.4) is 0 Å². The number of aliphatic hydroxyl groups is 2. The minimum atomic E-state index is -1.12. The van der Waals surface area contributed by atoms with E-state index < -0.39 is 18.2 Å². The molecule has 0 aliphatic rings. The summed E-state index contributed by atoms with van der Waals surface area (Å²) in [5.74, 6) is -0.575. The molecular weight excluding hydrogens is 256 g/mol. The van der Waals surface area contributed by atoms with E-state index in [2.05, 4.69) is 10.3 Å². The molecule has 1 rings (SSSR count). The summed E-state index contributed by atoms with van der Waals surface area (Å²) in [7, 11) is 1.76. The van der Waals surface area contributed by atoms with Crippen molar-refractivity contribution in [2.75, 3.05) is 20.2 Å². The molecule has 18 heavy (non-hydrogen) atoms. The summed E-state index contributed by atoms with van der Waals surface area (Å²) in [5.41, 5.74) is 1.54. The Bertz CT molecular complexity index is 383. The molecule has 2 atom stereocenters. The van der Waals surface area contributed by atoms with Crippen LogP contribution in [0.4, 0.5) is 0 Å². The molecule has 2 unspecified atom stereocenters. The highest BCUT2D eigenvalue weighted by Gasteiger charge is 2.26. The summed E-state index contributed by atoms with van der Waals surface area (Å²) in [4.78, 5) is 15.8. The summed E-state index contributed by atoms with van der Waals surface area (Å²) in [6.45, 7) is 2.52. The van der Waals surface area contributed by atoms with E-state index in [1.807, 2.05) is 0 Å². The van der Waals surface area contributed by atoms with Crippen LogP contribution in [0, 0.1) is 0 Å². The maximum atomic E-state index is 11.6. The lowest BCUT2D eigenvalue weighted by Gasteiger charge is -2.17. The van der Waals surface area contributed by atoms with Crippen molar-refractivity contribution in [3.8, 4) is 0 Å². The van der Waals surface area contributed by atoms with Gasteiger partial charge in [0.1, 0.15) is 6.10 Å². The molecule has 0 fully saturated rings. The van der Waals surface area contributed by atoms with E-state index in [0.717, 1.165) is 11.3 Å². The molecule has 0 saturated heterocycles. The number of hydrogen-bond donors (Lipinski definition) is 3. The van der Waals surface area contributed by atoms with Crippen LogP contribution in [0.25, 0.3) is 0 Å². The second-order valence-corrected chi connectivity index (χ2v) is 4.58. The summed E-state index contributed by atoms with van der Waals surface area (Å²) in [6, 6.07) is 0. The quantitative estimate of drug-likeness (QED) is 0.620. The number of thiazole rings is 1. The lowest BCUT2D eigenvalue weighted by atomic mass is 10.1. The fourth-order valence-electron chi connectivity index (χ4n) is 1.44. The largest absolute Gasteiger partial charge is 0.461 e. The Morgan fingerprint density at radius 1 is 1.61 bits per heavy atom. The van der Waals surface area contributed by atoms with Gasteiger partial charge in [-0.15, -0.1) is 11.3 Å². The zero-order chi connectivity index (χ0) is 13.5. The number of aromatic nitrogens is 1. The van der Waals surface area contributed by atoms with Crippen LogP contribution < -0.4 is 5.32 Å². The average molecular weight is 274 g/mol. The number of nitrogens with zero attached hydrogens (tertiary/aromatic N) is 1. The van der Waals surface area contributed by atoms with Crippen molar-refractivity contribution in [2.45, 2.75) is 25.6 Å². The van der Waals surface area contributed by atoms with E-state index in [0.29, 0.717) is 17.8 Å². The van der Waals surface area contributed by atoms with Crippen molar-refractivity contribution in [2.24, 2.45) is 0 Å². The Kier molecular flexibility index (Phi) is 6.20. The Hall–Kier alpha value is -1.02. The number of carbonyl (C=O) groups is 1. The van der Waals surface area contributed by atoms with Gasteiger partial charge < -0.3 is 20.3 Å². The average Bonchev–Trinajstić information content (AvgIpc) is 2.84. The molecule has 0 radical (unpaired) electrons. The first kappa shape index (κ1) is 15.0. The molecule has 0 amide bonds. The molecule has 3 N–H and O–H groups in total. The van der Waals surface area contributed by atoms with Crippen molar-refractivity contribution >= 4 is 17.3 Å². The highest BCUT2D eigenvalue weighted by atomic mass is 32.1. The Morgan fingerprint density at radius 3 is 2.94 bits per heavy atom. The van der Waals surface area contributed by atoms with Crippen LogP contribution in [0.15, 0.2) is 5.51 Å². The molecular formula is C11H18N2O4S. The van der Waals surface area contributed by atoms with E-state index in [-0.39, 0.29) is 12.3 Å². The van der Waals surface area contributed by atoms with Crippen molar-refractivity contribution in [3.63, 3.8) is 0 Å². The smallest absolute Gasteiger partial charge is 0.358 e. The van der Waals surface area contributed by atoms with Crippen LogP contribution >= 0.6 is 11.3 Å². The first-order valence-electron chi connectivity index (χ1n) is 5.73.